The van der Waals surface area contributed by atoms with Gasteiger partial charge in [0.1, 0.15) is 0 Å². The van der Waals surface area contributed by atoms with Crippen LogP contribution in [0.2, 0.25) is 0 Å². The van der Waals surface area contributed by atoms with Gasteiger partial charge in [0.25, 0.3) is 5.91 Å². The average Bonchev–Trinajstić information content (AvgIpc) is 2.73. The van der Waals surface area contributed by atoms with Crippen molar-refractivity contribution in [2.45, 2.75) is 32.8 Å². The second-order valence-electron chi connectivity index (χ2n) is 3.39. The lowest BCUT2D eigenvalue weighted by Crippen LogP contribution is -2.31. The predicted molar refractivity (Wildman–Crippen MR) is 62.3 cm³/mol. The molecule has 1 heterocycles. The van der Waals surface area contributed by atoms with Crippen LogP contribution in [0.1, 0.15) is 34.8 Å². The number of rotatable bonds is 5. The van der Waals surface area contributed by atoms with E-state index in [1.807, 2.05) is 19.1 Å². The largest absolute Gasteiger partial charge is 0.391 e. The lowest BCUT2D eigenvalue weighted by molar-refractivity contribution is 0.0918. The molecule has 15 heavy (non-hydrogen) atoms. The van der Waals surface area contributed by atoms with E-state index < -0.39 is 6.10 Å². The Bertz CT molecular complexity index is 322. The lowest BCUT2D eigenvalue weighted by atomic mass is 10.3. The fraction of sp³-hybridized carbons (Fsp3) is 0.545. The molecule has 4 heteroatoms. The van der Waals surface area contributed by atoms with E-state index in [2.05, 4.69) is 12.2 Å². The molecular weight excluding hydrogens is 210 g/mol. The Labute approximate surface area is 94.1 Å². The Morgan fingerprint density at radius 2 is 2.27 bits per heavy atom. The van der Waals surface area contributed by atoms with Crippen LogP contribution < -0.4 is 5.32 Å². The number of nitrogens with one attached hydrogen (secondary N) is 1. The van der Waals surface area contributed by atoms with Crippen molar-refractivity contribution in [3.8, 4) is 0 Å². The first kappa shape index (κ1) is 12.2. The summed E-state index contributed by atoms with van der Waals surface area (Å²) >= 11 is 1.51. The quantitative estimate of drug-likeness (QED) is 0.806. The molecule has 0 aliphatic carbocycles. The minimum absolute atomic E-state index is 0.0906. The highest BCUT2D eigenvalue weighted by Gasteiger charge is 2.09. The summed E-state index contributed by atoms with van der Waals surface area (Å²) in [5, 5.41) is 12.0. The van der Waals surface area contributed by atoms with Crippen molar-refractivity contribution in [2.75, 3.05) is 6.54 Å². The zero-order chi connectivity index (χ0) is 11.3. The predicted octanol–water partition coefficient (Wildman–Crippen LogP) is 1.81. The summed E-state index contributed by atoms with van der Waals surface area (Å²) in [6, 6.07) is 3.80. The molecular formula is C11H17NO2S. The van der Waals surface area contributed by atoms with Crippen LogP contribution in [-0.2, 0) is 6.42 Å². The van der Waals surface area contributed by atoms with Crippen molar-refractivity contribution in [1.82, 2.24) is 5.32 Å². The van der Waals surface area contributed by atoms with Gasteiger partial charge in [0.15, 0.2) is 0 Å². The number of aliphatic hydroxyl groups is 1. The Morgan fingerprint density at radius 3 is 2.80 bits per heavy atom. The molecule has 1 rings (SSSR count). The third-order valence-electron chi connectivity index (χ3n) is 2.20. The topological polar surface area (TPSA) is 49.3 Å². The second-order valence-corrected chi connectivity index (χ2v) is 4.56. The van der Waals surface area contributed by atoms with Crippen LogP contribution in [0.4, 0.5) is 0 Å². The summed E-state index contributed by atoms with van der Waals surface area (Å²) in [5.74, 6) is -0.0906. The molecule has 0 saturated carbocycles. The number of aryl methyl sites for hydroxylation is 1. The van der Waals surface area contributed by atoms with Crippen LogP contribution in [0.25, 0.3) is 0 Å². The Balaban J connectivity index is 2.46. The van der Waals surface area contributed by atoms with Crippen LogP contribution in [0.3, 0.4) is 0 Å². The van der Waals surface area contributed by atoms with Crippen molar-refractivity contribution in [2.24, 2.45) is 0 Å². The molecule has 0 aromatic carbocycles. The van der Waals surface area contributed by atoms with Gasteiger partial charge in [0.2, 0.25) is 0 Å². The summed E-state index contributed by atoms with van der Waals surface area (Å²) in [6.07, 6.45) is 1.17. The van der Waals surface area contributed by atoms with E-state index in [0.717, 1.165) is 11.3 Å². The summed E-state index contributed by atoms with van der Waals surface area (Å²) in [7, 11) is 0. The number of aliphatic hydroxyl groups excluding tert-OH is 1. The molecule has 1 aromatic heterocycles. The van der Waals surface area contributed by atoms with Crippen molar-refractivity contribution in [3.63, 3.8) is 0 Å². The summed E-state index contributed by atoms with van der Waals surface area (Å²) < 4.78 is 0. The molecule has 0 aliphatic heterocycles. The average molecular weight is 227 g/mol. The molecule has 0 radical (unpaired) electrons. The molecule has 0 aliphatic rings. The zero-order valence-electron chi connectivity index (χ0n) is 9.12. The van der Waals surface area contributed by atoms with Crippen molar-refractivity contribution in [3.05, 3.63) is 21.9 Å². The number of carbonyl (C=O) groups excluding carboxylic acids is 1. The van der Waals surface area contributed by atoms with Crippen molar-refractivity contribution < 1.29 is 9.90 Å². The van der Waals surface area contributed by atoms with E-state index in [1.54, 1.807) is 0 Å². The minimum atomic E-state index is -0.445. The van der Waals surface area contributed by atoms with Crippen molar-refractivity contribution >= 4 is 17.2 Å². The van der Waals surface area contributed by atoms with Gasteiger partial charge in [-0.2, -0.15) is 0 Å². The monoisotopic (exact) mass is 227 g/mol. The smallest absolute Gasteiger partial charge is 0.261 e. The van der Waals surface area contributed by atoms with E-state index in [9.17, 15) is 9.90 Å². The van der Waals surface area contributed by atoms with Crippen LogP contribution in [-0.4, -0.2) is 23.7 Å². The van der Waals surface area contributed by atoms with Crippen molar-refractivity contribution in [1.29, 1.82) is 0 Å². The molecule has 1 aromatic rings. The molecule has 0 fully saturated rings. The third kappa shape index (κ3) is 3.64. The summed E-state index contributed by atoms with van der Waals surface area (Å²) in [6.45, 7) is 4.28. The van der Waals surface area contributed by atoms with Gasteiger partial charge in [-0.1, -0.05) is 13.8 Å². The maximum Gasteiger partial charge on any atom is 0.261 e. The number of hydrogen-bond acceptors (Lipinski definition) is 3. The number of hydrogen-bond donors (Lipinski definition) is 2. The maximum atomic E-state index is 11.6. The highest BCUT2D eigenvalue weighted by Crippen LogP contribution is 2.16. The number of carbonyl (C=O) groups is 1. The fourth-order valence-electron chi connectivity index (χ4n) is 1.13. The van der Waals surface area contributed by atoms with Crippen LogP contribution in [0.5, 0.6) is 0 Å². The standard InChI is InChI=1S/C11H17NO2S/c1-3-8(13)7-12-11(14)10-6-5-9(4-2)15-10/h5-6,8,13H,3-4,7H2,1-2H3,(H,12,14). The molecule has 2 N–H and O–H groups in total. The van der Waals surface area contributed by atoms with Crippen LogP contribution in [0.15, 0.2) is 12.1 Å². The van der Waals surface area contributed by atoms with Gasteiger partial charge in [-0.3, -0.25) is 4.79 Å². The number of thiophene rings is 1. The van der Waals surface area contributed by atoms with E-state index in [4.69, 9.17) is 0 Å². The first-order chi connectivity index (χ1) is 7.17. The molecule has 1 atom stereocenters. The SMILES string of the molecule is CCc1ccc(C(=O)NCC(O)CC)s1. The number of amides is 1. The van der Waals surface area contributed by atoms with Gasteiger partial charge in [-0.25, -0.2) is 0 Å². The van der Waals surface area contributed by atoms with Gasteiger partial charge in [-0.15, -0.1) is 11.3 Å². The van der Waals surface area contributed by atoms with E-state index in [1.165, 1.54) is 16.2 Å². The zero-order valence-corrected chi connectivity index (χ0v) is 9.93. The first-order valence-electron chi connectivity index (χ1n) is 5.22. The summed E-state index contributed by atoms with van der Waals surface area (Å²) in [4.78, 5) is 13.5. The third-order valence-corrected chi connectivity index (χ3v) is 3.43. The molecule has 3 nitrogen and oxygen atoms in total. The highest BCUT2D eigenvalue weighted by molar-refractivity contribution is 7.14. The maximum absolute atomic E-state index is 11.6. The highest BCUT2D eigenvalue weighted by atomic mass is 32.1. The van der Waals surface area contributed by atoms with Gasteiger partial charge in [0, 0.05) is 11.4 Å². The van der Waals surface area contributed by atoms with E-state index in [-0.39, 0.29) is 5.91 Å². The van der Waals surface area contributed by atoms with Gasteiger partial charge in [0.05, 0.1) is 11.0 Å². The molecule has 1 amide bonds. The molecule has 0 bridgehead atoms. The molecule has 0 spiro atoms. The van der Waals surface area contributed by atoms with E-state index >= 15 is 0 Å². The fourth-order valence-corrected chi connectivity index (χ4v) is 2.00. The first-order valence-corrected chi connectivity index (χ1v) is 6.04. The lowest BCUT2D eigenvalue weighted by Gasteiger charge is -2.08. The molecule has 1 unspecified atom stereocenters. The Morgan fingerprint density at radius 1 is 1.53 bits per heavy atom. The van der Waals surface area contributed by atoms with Crippen LogP contribution in [0, 0.1) is 0 Å². The van der Waals surface area contributed by atoms with Gasteiger partial charge < -0.3 is 10.4 Å². The Kier molecular flexibility index (Phi) is 4.78. The van der Waals surface area contributed by atoms with Gasteiger partial charge >= 0.3 is 0 Å². The molecule has 0 saturated heterocycles. The normalized spacial score (nSPS) is 12.5. The van der Waals surface area contributed by atoms with Crippen LogP contribution >= 0.6 is 11.3 Å². The van der Waals surface area contributed by atoms with Gasteiger partial charge in [-0.05, 0) is 25.0 Å². The summed E-state index contributed by atoms with van der Waals surface area (Å²) in [5.41, 5.74) is 0. The minimum Gasteiger partial charge on any atom is -0.391 e. The second kappa shape index (κ2) is 5.88. The molecule has 84 valence electrons. The Hall–Kier alpha value is -0.870. The van der Waals surface area contributed by atoms with E-state index in [0.29, 0.717) is 13.0 Å².